The van der Waals surface area contributed by atoms with E-state index in [1.165, 1.54) is 18.2 Å². The first-order valence-electron chi connectivity index (χ1n) is 5.94. The summed E-state index contributed by atoms with van der Waals surface area (Å²) in [5, 5.41) is 11.2. The van der Waals surface area contributed by atoms with E-state index in [4.69, 9.17) is 5.73 Å². The number of nitrogens with zero attached hydrogens (tertiary/aromatic N) is 2. The van der Waals surface area contributed by atoms with Crippen LogP contribution in [0.4, 0.5) is 11.4 Å². The Kier molecular flexibility index (Phi) is 3.94. The average molecular weight is 281 g/mol. The highest BCUT2D eigenvalue weighted by molar-refractivity contribution is 7.99. The molecule has 1 heterocycles. The molecule has 1 aromatic rings. The summed E-state index contributed by atoms with van der Waals surface area (Å²) in [6, 6.07) is 4.34. The Morgan fingerprint density at radius 2 is 2.32 bits per heavy atom. The second kappa shape index (κ2) is 5.48. The zero-order valence-electron chi connectivity index (χ0n) is 10.5. The van der Waals surface area contributed by atoms with Gasteiger partial charge in [-0.15, -0.1) is 0 Å². The molecular formula is C12H15N3O3S. The predicted molar refractivity (Wildman–Crippen MR) is 75.3 cm³/mol. The molecule has 1 amide bonds. The molecule has 0 aliphatic carbocycles. The number of rotatable bonds is 2. The Hall–Kier alpha value is -1.76. The maximum Gasteiger partial charge on any atom is 0.292 e. The first-order valence-corrected chi connectivity index (χ1v) is 6.99. The number of nitro benzene ring substituents is 1. The van der Waals surface area contributed by atoms with E-state index in [-0.39, 0.29) is 22.8 Å². The number of amides is 1. The van der Waals surface area contributed by atoms with E-state index in [9.17, 15) is 14.9 Å². The van der Waals surface area contributed by atoms with Gasteiger partial charge in [-0.2, -0.15) is 11.8 Å². The van der Waals surface area contributed by atoms with E-state index < -0.39 is 4.92 Å². The lowest BCUT2D eigenvalue weighted by Crippen LogP contribution is -2.41. The monoisotopic (exact) mass is 281 g/mol. The summed E-state index contributed by atoms with van der Waals surface area (Å²) in [5.74, 6) is 0.648. The number of anilines is 1. The number of hydrogen-bond donors (Lipinski definition) is 1. The van der Waals surface area contributed by atoms with Crippen LogP contribution in [0.3, 0.4) is 0 Å². The molecule has 1 aliphatic heterocycles. The number of benzene rings is 1. The van der Waals surface area contributed by atoms with Gasteiger partial charge in [0.05, 0.1) is 10.5 Å². The number of nitro groups is 1. The summed E-state index contributed by atoms with van der Waals surface area (Å²) in [6.45, 7) is 3.35. The van der Waals surface area contributed by atoms with Crippen LogP contribution in [-0.2, 0) is 0 Å². The molecule has 0 aromatic heterocycles. The lowest BCUT2D eigenvalue weighted by Gasteiger charge is -2.30. The topological polar surface area (TPSA) is 89.5 Å². The van der Waals surface area contributed by atoms with Crippen molar-refractivity contribution in [1.29, 1.82) is 0 Å². The minimum atomic E-state index is -0.569. The van der Waals surface area contributed by atoms with Crippen LogP contribution in [0.5, 0.6) is 0 Å². The molecule has 0 saturated carbocycles. The number of para-hydroxylation sites is 1. The minimum absolute atomic E-state index is 0.0524. The molecule has 2 N–H and O–H groups in total. The number of nitrogens with two attached hydrogens (primary N) is 1. The van der Waals surface area contributed by atoms with Gasteiger partial charge in [0.25, 0.3) is 11.6 Å². The fourth-order valence-electron chi connectivity index (χ4n) is 2.07. The summed E-state index contributed by atoms with van der Waals surface area (Å²) in [7, 11) is 0. The predicted octanol–water partition coefficient (Wildman–Crippen LogP) is 1.75. The van der Waals surface area contributed by atoms with Crippen molar-refractivity contribution in [2.75, 3.05) is 24.6 Å². The van der Waals surface area contributed by atoms with Crippen molar-refractivity contribution in [2.45, 2.75) is 12.2 Å². The highest BCUT2D eigenvalue weighted by Crippen LogP contribution is 2.27. The summed E-state index contributed by atoms with van der Waals surface area (Å²) in [5.41, 5.74) is 5.68. The van der Waals surface area contributed by atoms with Crippen molar-refractivity contribution in [2.24, 2.45) is 0 Å². The van der Waals surface area contributed by atoms with Crippen LogP contribution in [-0.4, -0.2) is 39.8 Å². The minimum Gasteiger partial charge on any atom is -0.393 e. The molecule has 1 fully saturated rings. The Bertz CT molecular complexity index is 521. The van der Waals surface area contributed by atoms with Crippen molar-refractivity contribution in [3.8, 4) is 0 Å². The maximum absolute atomic E-state index is 12.4. The van der Waals surface area contributed by atoms with Crippen LogP contribution in [0.2, 0.25) is 0 Å². The molecule has 0 spiro atoms. The van der Waals surface area contributed by atoms with Crippen LogP contribution in [0.25, 0.3) is 0 Å². The van der Waals surface area contributed by atoms with E-state index in [1.807, 2.05) is 11.8 Å². The van der Waals surface area contributed by atoms with Gasteiger partial charge in [-0.1, -0.05) is 13.0 Å². The quantitative estimate of drug-likeness (QED) is 0.507. The highest BCUT2D eigenvalue weighted by atomic mass is 32.2. The number of thioether (sulfide) groups is 1. The van der Waals surface area contributed by atoms with Gasteiger partial charge in [0.2, 0.25) is 0 Å². The molecule has 0 bridgehead atoms. The zero-order chi connectivity index (χ0) is 14.0. The smallest absolute Gasteiger partial charge is 0.292 e. The van der Waals surface area contributed by atoms with Crippen molar-refractivity contribution in [3.63, 3.8) is 0 Å². The van der Waals surface area contributed by atoms with E-state index >= 15 is 0 Å². The van der Waals surface area contributed by atoms with Gasteiger partial charge in [-0.05, 0) is 6.07 Å². The van der Waals surface area contributed by atoms with Gasteiger partial charge in [0.15, 0.2) is 0 Å². The summed E-state index contributed by atoms with van der Waals surface area (Å²) in [4.78, 5) is 24.3. The summed E-state index contributed by atoms with van der Waals surface area (Å²) >= 11 is 1.81. The Morgan fingerprint density at radius 3 is 2.95 bits per heavy atom. The largest absolute Gasteiger partial charge is 0.393 e. The van der Waals surface area contributed by atoms with Gasteiger partial charge < -0.3 is 10.6 Å². The molecule has 1 aliphatic rings. The second-order valence-corrected chi connectivity index (χ2v) is 5.97. The van der Waals surface area contributed by atoms with E-state index in [0.29, 0.717) is 18.3 Å². The first-order chi connectivity index (χ1) is 9.00. The van der Waals surface area contributed by atoms with Crippen molar-refractivity contribution >= 4 is 29.0 Å². The molecule has 2 rings (SSSR count). The molecular weight excluding hydrogens is 266 g/mol. The third-order valence-electron chi connectivity index (χ3n) is 3.04. The molecule has 6 nitrogen and oxygen atoms in total. The molecule has 7 heteroatoms. The molecule has 102 valence electrons. The van der Waals surface area contributed by atoms with Gasteiger partial charge in [0, 0.05) is 30.2 Å². The second-order valence-electron chi connectivity index (χ2n) is 4.43. The Morgan fingerprint density at radius 1 is 1.58 bits per heavy atom. The van der Waals surface area contributed by atoms with E-state index in [2.05, 4.69) is 6.92 Å². The first kappa shape index (κ1) is 13.7. The zero-order valence-corrected chi connectivity index (χ0v) is 11.4. The standard InChI is InChI=1S/C12H15N3O3S/c1-8-7-14(5-6-19-8)12(16)9-3-2-4-10(11(9)13)15(17)18/h2-4,8H,5-7,13H2,1H3. The normalized spacial score (nSPS) is 19.2. The fraction of sp³-hybridized carbons (Fsp3) is 0.417. The van der Waals surface area contributed by atoms with E-state index in [0.717, 1.165) is 5.75 Å². The Balaban J connectivity index is 2.28. The fourth-order valence-corrected chi connectivity index (χ4v) is 3.09. The molecule has 0 radical (unpaired) electrons. The average Bonchev–Trinajstić information content (AvgIpc) is 2.38. The summed E-state index contributed by atoms with van der Waals surface area (Å²) in [6.07, 6.45) is 0. The SMILES string of the molecule is CC1CN(C(=O)c2cccc([N+](=O)[O-])c2N)CCS1. The van der Waals surface area contributed by atoms with Gasteiger partial charge >= 0.3 is 0 Å². The van der Waals surface area contributed by atoms with Crippen molar-refractivity contribution in [1.82, 2.24) is 4.90 Å². The molecule has 1 aromatic carbocycles. The van der Waals surface area contributed by atoms with Crippen LogP contribution in [0, 0.1) is 10.1 Å². The maximum atomic E-state index is 12.4. The van der Waals surface area contributed by atoms with Crippen LogP contribution in [0.15, 0.2) is 18.2 Å². The van der Waals surface area contributed by atoms with Crippen LogP contribution in [0.1, 0.15) is 17.3 Å². The Labute approximate surface area is 115 Å². The van der Waals surface area contributed by atoms with Gasteiger partial charge in [0.1, 0.15) is 5.69 Å². The number of carbonyl (C=O) groups is 1. The number of nitrogen functional groups attached to an aromatic ring is 1. The van der Waals surface area contributed by atoms with Gasteiger partial charge in [-0.3, -0.25) is 14.9 Å². The third-order valence-corrected chi connectivity index (χ3v) is 4.17. The van der Waals surface area contributed by atoms with Crippen molar-refractivity contribution < 1.29 is 9.72 Å². The molecule has 19 heavy (non-hydrogen) atoms. The van der Waals surface area contributed by atoms with Crippen LogP contribution >= 0.6 is 11.8 Å². The lowest BCUT2D eigenvalue weighted by atomic mass is 10.1. The molecule has 1 saturated heterocycles. The summed E-state index contributed by atoms with van der Waals surface area (Å²) < 4.78 is 0. The molecule has 1 atom stereocenters. The number of hydrogen-bond acceptors (Lipinski definition) is 5. The molecule has 1 unspecified atom stereocenters. The highest BCUT2D eigenvalue weighted by Gasteiger charge is 2.26. The van der Waals surface area contributed by atoms with Crippen molar-refractivity contribution in [3.05, 3.63) is 33.9 Å². The number of carbonyl (C=O) groups excluding carboxylic acids is 1. The lowest BCUT2D eigenvalue weighted by molar-refractivity contribution is -0.383. The van der Waals surface area contributed by atoms with E-state index in [1.54, 1.807) is 4.90 Å². The third kappa shape index (κ3) is 2.81. The van der Waals surface area contributed by atoms with Crippen LogP contribution < -0.4 is 5.73 Å². The van der Waals surface area contributed by atoms with Gasteiger partial charge in [-0.25, -0.2) is 0 Å².